The number of carbonyl (C=O) groups is 1. The highest BCUT2D eigenvalue weighted by Gasteiger charge is 2.70. The van der Waals surface area contributed by atoms with Gasteiger partial charge in [-0.3, -0.25) is 4.79 Å². The van der Waals surface area contributed by atoms with Crippen molar-refractivity contribution in [3.63, 3.8) is 0 Å². The topological polar surface area (TPSA) is 159 Å². The van der Waals surface area contributed by atoms with Crippen LogP contribution in [0.25, 0.3) is 0 Å². The summed E-state index contributed by atoms with van der Waals surface area (Å²) in [5, 5.41) is 76.6. The Morgan fingerprint density at radius 3 is 2.29 bits per heavy atom. The summed E-state index contributed by atoms with van der Waals surface area (Å²) in [6.07, 6.45) is -1.09. The summed E-state index contributed by atoms with van der Waals surface area (Å²) in [5.41, 5.74) is -5.21. The molecule has 4 aliphatic rings. The number of carbonyl (C=O) groups excluding carboxylic acids is 1. The SMILES string of the molecule is CC(C)(O)CCC(O)[C@](C)(O)[C@H]1CC[C@@]2(O)C3=CC(=O)[C@@H]4C[C@@H](O)[C@@H](O)[C@H](O)[C@]4(C)[C@H]3CC[C@]12C. The number of ketones is 1. The lowest BCUT2D eigenvalue weighted by atomic mass is 9.45. The van der Waals surface area contributed by atoms with E-state index < -0.39 is 63.9 Å². The molecule has 0 aromatic rings. The molecule has 0 aliphatic heterocycles. The van der Waals surface area contributed by atoms with Crippen LogP contribution < -0.4 is 0 Å². The average molecular weight is 497 g/mol. The number of hydrogen-bond acceptors (Lipinski definition) is 8. The van der Waals surface area contributed by atoms with Crippen molar-refractivity contribution < 1.29 is 40.5 Å². The molecule has 4 rings (SSSR count). The zero-order valence-electron chi connectivity index (χ0n) is 21.6. The van der Waals surface area contributed by atoms with E-state index in [-0.39, 0.29) is 24.5 Å². The number of aliphatic hydroxyl groups excluding tert-OH is 4. The Morgan fingerprint density at radius 2 is 1.69 bits per heavy atom. The maximum absolute atomic E-state index is 13.3. The average Bonchev–Trinajstić information content (AvgIpc) is 3.04. The fourth-order valence-electron chi connectivity index (χ4n) is 8.35. The fraction of sp³-hybridized carbons (Fsp3) is 0.889. The first-order valence-corrected chi connectivity index (χ1v) is 13.1. The van der Waals surface area contributed by atoms with Gasteiger partial charge >= 0.3 is 0 Å². The van der Waals surface area contributed by atoms with Gasteiger partial charge in [-0.1, -0.05) is 13.8 Å². The van der Waals surface area contributed by atoms with Crippen LogP contribution in [-0.2, 0) is 4.79 Å². The molecular formula is C27H44O8. The number of aliphatic hydroxyl groups is 7. The van der Waals surface area contributed by atoms with Gasteiger partial charge in [0.25, 0.3) is 0 Å². The van der Waals surface area contributed by atoms with E-state index in [1.807, 2.05) is 6.92 Å². The van der Waals surface area contributed by atoms with Crippen LogP contribution in [0.3, 0.4) is 0 Å². The first-order valence-electron chi connectivity index (χ1n) is 13.1. The second kappa shape index (κ2) is 8.32. The zero-order chi connectivity index (χ0) is 26.4. The summed E-state index contributed by atoms with van der Waals surface area (Å²) in [4.78, 5) is 13.3. The van der Waals surface area contributed by atoms with Gasteiger partial charge in [-0.25, -0.2) is 0 Å². The Hall–Kier alpha value is -0.870. The number of allylic oxidation sites excluding steroid dienone is 1. The second-order valence-electron chi connectivity index (χ2n) is 13.2. The normalized spacial score (nSPS) is 48.3. The molecule has 1 unspecified atom stereocenters. The predicted octanol–water partition coefficient (Wildman–Crippen LogP) is 0.825. The van der Waals surface area contributed by atoms with Gasteiger partial charge in [-0.05, 0) is 89.2 Å². The first-order chi connectivity index (χ1) is 15.9. The van der Waals surface area contributed by atoms with Crippen molar-refractivity contribution >= 4 is 5.78 Å². The molecule has 11 atom stereocenters. The Bertz CT molecular complexity index is 892. The lowest BCUT2D eigenvalue weighted by Gasteiger charge is -2.61. The van der Waals surface area contributed by atoms with Crippen molar-refractivity contribution in [1.29, 1.82) is 0 Å². The molecule has 200 valence electrons. The van der Waals surface area contributed by atoms with Crippen molar-refractivity contribution in [2.45, 2.75) is 121 Å². The van der Waals surface area contributed by atoms with Crippen LogP contribution in [0.4, 0.5) is 0 Å². The van der Waals surface area contributed by atoms with Gasteiger partial charge in [-0.15, -0.1) is 0 Å². The largest absolute Gasteiger partial charge is 0.390 e. The molecule has 7 N–H and O–H groups in total. The molecule has 3 fully saturated rings. The summed E-state index contributed by atoms with van der Waals surface area (Å²) >= 11 is 0. The van der Waals surface area contributed by atoms with E-state index in [9.17, 15) is 40.5 Å². The molecule has 35 heavy (non-hydrogen) atoms. The lowest BCUT2D eigenvalue weighted by molar-refractivity contribution is -0.205. The standard InChI is InChI=1S/C27H44O8/c1-23(2,33)9-8-20(30)26(5,34)19-7-11-27(35)15-12-17(28)16-13-18(29)21(31)22(32)25(16,4)14(15)6-10-24(19,27)3/h12,14,16,18-22,29-35H,6-11,13H2,1-5H3/t14-,16-,18+,19-,20?,21+,22-,24+,25+,26+,27+/m0/s1. The van der Waals surface area contributed by atoms with Crippen LogP contribution in [0.1, 0.15) is 79.6 Å². The van der Waals surface area contributed by atoms with Gasteiger partial charge in [0.05, 0.1) is 35.1 Å². The summed E-state index contributed by atoms with van der Waals surface area (Å²) in [7, 11) is 0. The van der Waals surface area contributed by atoms with E-state index >= 15 is 0 Å². The van der Waals surface area contributed by atoms with Crippen molar-refractivity contribution in [3.8, 4) is 0 Å². The van der Waals surface area contributed by atoms with E-state index in [0.717, 1.165) is 0 Å². The Labute approximate surface area is 207 Å². The minimum absolute atomic E-state index is 0.0638. The third-order valence-corrected chi connectivity index (χ3v) is 10.7. The summed E-state index contributed by atoms with van der Waals surface area (Å²) in [5.74, 6) is -1.73. The van der Waals surface area contributed by atoms with E-state index in [2.05, 4.69) is 0 Å². The predicted molar refractivity (Wildman–Crippen MR) is 128 cm³/mol. The molecule has 4 aliphatic carbocycles. The summed E-state index contributed by atoms with van der Waals surface area (Å²) < 4.78 is 0. The Morgan fingerprint density at radius 1 is 1.06 bits per heavy atom. The third-order valence-electron chi connectivity index (χ3n) is 10.7. The highest BCUT2D eigenvalue weighted by molar-refractivity contribution is 5.95. The third kappa shape index (κ3) is 3.78. The van der Waals surface area contributed by atoms with E-state index in [1.165, 1.54) is 6.08 Å². The Balaban J connectivity index is 1.69. The minimum atomic E-state index is -1.52. The van der Waals surface area contributed by atoms with Crippen molar-refractivity contribution in [1.82, 2.24) is 0 Å². The van der Waals surface area contributed by atoms with Crippen LogP contribution >= 0.6 is 0 Å². The summed E-state index contributed by atoms with van der Waals surface area (Å²) in [6.45, 7) is 8.59. The maximum atomic E-state index is 13.3. The number of rotatable bonds is 5. The van der Waals surface area contributed by atoms with Gasteiger partial charge in [0.15, 0.2) is 5.78 Å². The van der Waals surface area contributed by atoms with Gasteiger partial charge < -0.3 is 35.7 Å². The smallest absolute Gasteiger partial charge is 0.159 e. The van der Waals surface area contributed by atoms with E-state index in [4.69, 9.17) is 0 Å². The van der Waals surface area contributed by atoms with Crippen LogP contribution in [0, 0.1) is 28.6 Å². The van der Waals surface area contributed by atoms with Gasteiger partial charge in [0, 0.05) is 16.7 Å². The quantitative estimate of drug-likeness (QED) is 0.295. The van der Waals surface area contributed by atoms with Gasteiger partial charge in [0.1, 0.15) is 6.10 Å². The molecule has 0 spiro atoms. The van der Waals surface area contributed by atoms with Gasteiger partial charge in [0.2, 0.25) is 0 Å². The molecule has 8 nitrogen and oxygen atoms in total. The van der Waals surface area contributed by atoms with Crippen LogP contribution in [0.2, 0.25) is 0 Å². The van der Waals surface area contributed by atoms with Crippen molar-refractivity contribution in [2.75, 3.05) is 0 Å². The lowest BCUT2D eigenvalue weighted by Crippen LogP contribution is -2.66. The molecule has 0 saturated heterocycles. The monoisotopic (exact) mass is 496 g/mol. The van der Waals surface area contributed by atoms with Crippen LogP contribution in [-0.4, -0.2) is 82.7 Å². The highest BCUT2D eigenvalue weighted by Crippen LogP contribution is 2.68. The zero-order valence-corrected chi connectivity index (χ0v) is 21.6. The Kier molecular flexibility index (Phi) is 6.46. The van der Waals surface area contributed by atoms with E-state index in [0.29, 0.717) is 37.7 Å². The molecular weight excluding hydrogens is 452 g/mol. The van der Waals surface area contributed by atoms with Crippen molar-refractivity contribution in [2.24, 2.45) is 28.6 Å². The molecule has 0 radical (unpaired) electrons. The van der Waals surface area contributed by atoms with Crippen LogP contribution in [0.15, 0.2) is 11.6 Å². The number of hydrogen-bond donors (Lipinski definition) is 7. The van der Waals surface area contributed by atoms with Gasteiger partial charge in [-0.2, -0.15) is 0 Å². The molecule has 0 aromatic heterocycles. The molecule has 8 heteroatoms. The molecule has 0 bridgehead atoms. The molecule has 0 aromatic carbocycles. The van der Waals surface area contributed by atoms with E-state index in [1.54, 1.807) is 27.7 Å². The van der Waals surface area contributed by atoms with Crippen LogP contribution in [0.5, 0.6) is 0 Å². The highest BCUT2D eigenvalue weighted by atomic mass is 16.4. The molecule has 0 amide bonds. The first kappa shape index (κ1) is 27.2. The van der Waals surface area contributed by atoms with Crippen molar-refractivity contribution in [3.05, 3.63) is 11.6 Å². The molecule has 0 heterocycles. The molecule has 3 saturated carbocycles. The fourth-order valence-corrected chi connectivity index (χ4v) is 8.35. The summed E-state index contributed by atoms with van der Waals surface area (Å²) in [6, 6.07) is 0. The maximum Gasteiger partial charge on any atom is 0.159 e. The second-order valence-corrected chi connectivity index (χ2v) is 13.2. The minimum Gasteiger partial charge on any atom is -0.390 e. The number of fused-ring (bicyclic) bond motifs is 5.